The highest BCUT2D eigenvalue weighted by Gasteiger charge is 2.05. The molecular formula is C12H18ClNO2. The van der Waals surface area contributed by atoms with Gasteiger partial charge in [0.2, 0.25) is 0 Å². The number of hydrogen-bond donors (Lipinski definition) is 1. The molecule has 3 nitrogen and oxygen atoms in total. The quantitative estimate of drug-likeness (QED) is 0.779. The van der Waals surface area contributed by atoms with Crippen molar-refractivity contribution in [3.05, 3.63) is 22.7 Å². The zero-order valence-electron chi connectivity index (χ0n) is 9.97. The molecular weight excluding hydrogens is 226 g/mol. The van der Waals surface area contributed by atoms with Crippen LogP contribution in [-0.2, 0) is 4.74 Å². The first-order chi connectivity index (χ1) is 7.69. The van der Waals surface area contributed by atoms with Gasteiger partial charge in [-0.25, -0.2) is 0 Å². The van der Waals surface area contributed by atoms with E-state index in [1.54, 1.807) is 14.2 Å². The van der Waals surface area contributed by atoms with E-state index in [0.29, 0.717) is 0 Å². The average Bonchev–Trinajstić information content (AvgIpc) is 2.28. The van der Waals surface area contributed by atoms with E-state index in [1.807, 2.05) is 19.1 Å². The third-order valence-corrected chi connectivity index (χ3v) is 2.73. The lowest BCUT2D eigenvalue weighted by Gasteiger charge is -2.12. The van der Waals surface area contributed by atoms with Crippen molar-refractivity contribution in [2.24, 2.45) is 0 Å². The van der Waals surface area contributed by atoms with Crippen LogP contribution in [0.3, 0.4) is 0 Å². The van der Waals surface area contributed by atoms with E-state index in [1.165, 1.54) is 0 Å². The number of aryl methyl sites for hydroxylation is 1. The smallest absolute Gasteiger partial charge is 0.143 e. The zero-order valence-corrected chi connectivity index (χ0v) is 10.7. The minimum absolute atomic E-state index is 0.722. The summed E-state index contributed by atoms with van der Waals surface area (Å²) in [5.41, 5.74) is 2.01. The number of rotatable bonds is 6. The Bertz CT molecular complexity index is 342. The summed E-state index contributed by atoms with van der Waals surface area (Å²) >= 11 is 6.02. The summed E-state index contributed by atoms with van der Waals surface area (Å²) < 4.78 is 10.2. The maximum atomic E-state index is 6.02. The van der Waals surface area contributed by atoms with Crippen LogP contribution in [0.15, 0.2) is 12.1 Å². The number of nitrogens with one attached hydrogen (secondary N) is 1. The van der Waals surface area contributed by atoms with E-state index >= 15 is 0 Å². The summed E-state index contributed by atoms with van der Waals surface area (Å²) in [6, 6.07) is 3.82. The molecule has 0 aliphatic carbocycles. The normalized spacial score (nSPS) is 10.2. The predicted octanol–water partition coefficient (Wildman–Crippen LogP) is 3.11. The van der Waals surface area contributed by atoms with Crippen molar-refractivity contribution in [1.82, 2.24) is 0 Å². The second kappa shape index (κ2) is 6.61. The second-order valence-electron chi connectivity index (χ2n) is 3.57. The molecule has 1 N–H and O–H groups in total. The number of ether oxygens (including phenoxy) is 2. The fourth-order valence-electron chi connectivity index (χ4n) is 1.41. The van der Waals surface area contributed by atoms with Gasteiger partial charge in [-0.2, -0.15) is 0 Å². The molecule has 0 amide bonds. The van der Waals surface area contributed by atoms with Crippen molar-refractivity contribution < 1.29 is 9.47 Å². The summed E-state index contributed by atoms with van der Waals surface area (Å²) in [5.74, 6) is 0.771. The van der Waals surface area contributed by atoms with Gasteiger partial charge in [0.25, 0.3) is 0 Å². The maximum absolute atomic E-state index is 6.02. The van der Waals surface area contributed by atoms with Gasteiger partial charge in [-0.3, -0.25) is 0 Å². The van der Waals surface area contributed by atoms with Crippen LogP contribution in [0.4, 0.5) is 5.69 Å². The molecule has 0 unspecified atom stereocenters. The lowest BCUT2D eigenvalue weighted by Crippen LogP contribution is -2.06. The molecule has 1 rings (SSSR count). The van der Waals surface area contributed by atoms with E-state index in [4.69, 9.17) is 21.1 Å². The summed E-state index contributed by atoms with van der Waals surface area (Å²) in [5, 5.41) is 4.02. The van der Waals surface area contributed by atoms with Crippen LogP contribution >= 0.6 is 11.6 Å². The van der Waals surface area contributed by atoms with Crippen molar-refractivity contribution in [2.75, 3.05) is 32.7 Å². The van der Waals surface area contributed by atoms with Crippen molar-refractivity contribution in [3.8, 4) is 5.75 Å². The summed E-state index contributed by atoms with van der Waals surface area (Å²) in [7, 11) is 3.34. The summed E-state index contributed by atoms with van der Waals surface area (Å²) in [6.07, 6.45) is 0.960. The molecule has 0 aliphatic rings. The molecule has 0 radical (unpaired) electrons. The van der Waals surface area contributed by atoms with E-state index in [2.05, 4.69) is 5.32 Å². The van der Waals surface area contributed by atoms with Gasteiger partial charge in [-0.15, -0.1) is 0 Å². The van der Waals surface area contributed by atoms with E-state index in [9.17, 15) is 0 Å². The van der Waals surface area contributed by atoms with E-state index in [0.717, 1.165) is 41.6 Å². The third-order valence-electron chi connectivity index (χ3n) is 2.32. The van der Waals surface area contributed by atoms with E-state index < -0.39 is 0 Å². The van der Waals surface area contributed by atoms with Crippen molar-refractivity contribution in [3.63, 3.8) is 0 Å². The zero-order chi connectivity index (χ0) is 12.0. The van der Waals surface area contributed by atoms with Crippen LogP contribution in [0, 0.1) is 6.92 Å². The highest BCUT2D eigenvalue weighted by molar-refractivity contribution is 6.31. The first kappa shape index (κ1) is 13.1. The maximum Gasteiger partial charge on any atom is 0.143 e. The third kappa shape index (κ3) is 3.58. The van der Waals surface area contributed by atoms with Crippen LogP contribution in [0.1, 0.15) is 12.0 Å². The molecule has 16 heavy (non-hydrogen) atoms. The van der Waals surface area contributed by atoms with E-state index in [-0.39, 0.29) is 0 Å². The largest absolute Gasteiger partial charge is 0.495 e. The van der Waals surface area contributed by atoms with Gasteiger partial charge in [0, 0.05) is 31.4 Å². The standard InChI is InChI=1S/C12H18ClNO2/c1-9-7-11(14-5-4-6-15-2)12(16-3)8-10(9)13/h7-8,14H,4-6H2,1-3H3. The number of hydrogen-bond acceptors (Lipinski definition) is 3. The van der Waals surface area contributed by atoms with Gasteiger partial charge in [0.1, 0.15) is 5.75 Å². The van der Waals surface area contributed by atoms with Crippen LogP contribution < -0.4 is 10.1 Å². The minimum Gasteiger partial charge on any atom is -0.495 e. The monoisotopic (exact) mass is 243 g/mol. The molecule has 1 aromatic rings. The number of anilines is 1. The lowest BCUT2D eigenvalue weighted by atomic mass is 10.2. The molecule has 0 atom stereocenters. The molecule has 0 saturated heterocycles. The Labute approximate surface area is 102 Å². The van der Waals surface area contributed by atoms with Gasteiger partial charge >= 0.3 is 0 Å². The van der Waals surface area contributed by atoms with Gasteiger partial charge in [-0.05, 0) is 25.0 Å². The molecule has 0 fully saturated rings. The highest BCUT2D eigenvalue weighted by atomic mass is 35.5. The first-order valence-corrected chi connectivity index (χ1v) is 5.63. The molecule has 0 saturated carbocycles. The Morgan fingerprint density at radius 3 is 2.69 bits per heavy atom. The topological polar surface area (TPSA) is 30.5 Å². The fourth-order valence-corrected chi connectivity index (χ4v) is 1.56. The minimum atomic E-state index is 0.722. The molecule has 90 valence electrons. The number of methoxy groups -OCH3 is 2. The van der Waals surface area contributed by atoms with Gasteiger partial charge in [-0.1, -0.05) is 11.6 Å². The molecule has 0 aromatic heterocycles. The van der Waals surface area contributed by atoms with Crippen molar-refractivity contribution >= 4 is 17.3 Å². The molecule has 1 aromatic carbocycles. The van der Waals surface area contributed by atoms with Crippen LogP contribution in [0.25, 0.3) is 0 Å². The van der Waals surface area contributed by atoms with Crippen LogP contribution in [0.2, 0.25) is 5.02 Å². The highest BCUT2D eigenvalue weighted by Crippen LogP contribution is 2.30. The average molecular weight is 244 g/mol. The molecule has 4 heteroatoms. The van der Waals surface area contributed by atoms with Gasteiger partial charge in [0.05, 0.1) is 12.8 Å². The van der Waals surface area contributed by atoms with Crippen molar-refractivity contribution in [2.45, 2.75) is 13.3 Å². The number of benzene rings is 1. The Balaban J connectivity index is 2.66. The van der Waals surface area contributed by atoms with Crippen LogP contribution in [0.5, 0.6) is 5.75 Å². The Morgan fingerprint density at radius 2 is 2.06 bits per heavy atom. The Morgan fingerprint density at radius 1 is 1.31 bits per heavy atom. The predicted molar refractivity (Wildman–Crippen MR) is 67.7 cm³/mol. The van der Waals surface area contributed by atoms with Crippen molar-refractivity contribution in [1.29, 1.82) is 0 Å². The first-order valence-electron chi connectivity index (χ1n) is 5.26. The molecule has 0 bridgehead atoms. The molecule has 0 aliphatic heterocycles. The summed E-state index contributed by atoms with van der Waals surface area (Å²) in [4.78, 5) is 0. The second-order valence-corrected chi connectivity index (χ2v) is 3.98. The Kier molecular flexibility index (Phi) is 5.43. The number of halogens is 1. The Hall–Kier alpha value is -0.930. The molecule has 0 heterocycles. The lowest BCUT2D eigenvalue weighted by molar-refractivity contribution is 0.197. The fraction of sp³-hybridized carbons (Fsp3) is 0.500. The SMILES string of the molecule is COCCCNc1cc(C)c(Cl)cc1OC. The molecule has 0 spiro atoms. The van der Waals surface area contributed by atoms with Gasteiger partial charge < -0.3 is 14.8 Å². The van der Waals surface area contributed by atoms with Crippen LogP contribution in [-0.4, -0.2) is 27.4 Å². The summed E-state index contributed by atoms with van der Waals surface area (Å²) in [6.45, 7) is 3.58. The van der Waals surface area contributed by atoms with Gasteiger partial charge in [0.15, 0.2) is 0 Å².